The molecule has 1 unspecified atom stereocenters. The molecule has 24 heavy (non-hydrogen) atoms. The van der Waals surface area contributed by atoms with Crippen LogP contribution in [0.1, 0.15) is 38.3 Å². The molecule has 5 nitrogen and oxygen atoms in total. The van der Waals surface area contributed by atoms with Gasteiger partial charge >= 0.3 is 11.9 Å². The number of pyridine rings is 1. The smallest absolute Gasteiger partial charge is 0.345 e. The van der Waals surface area contributed by atoms with Crippen molar-refractivity contribution in [3.8, 4) is 0 Å². The average Bonchev–Trinajstić information content (AvgIpc) is 3.36. The molecule has 0 spiro atoms. The van der Waals surface area contributed by atoms with E-state index in [1.807, 2.05) is 0 Å². The van der Waals surface area contributed by atoms with Crippen molar-refractivity contribution in [3.63, 3.8) is 0 Å². The highest BCUT2D eigenvalue weighted by molar-refractivity contribution is 6.30. The predicted molar refractivity (Wildman–Crippen MR) is 86.0 cm³/mol. The van der Waals surface area contributed by atoms with Crippen LogP contribution in [-0.2, 0) is 19.1 Å². The number of ether oxygens (including phenoxy) is 2. The van der Waals surface area contributed by atoms with Crippen LogP contribution < -0.4 is 0 Å². The summed E-state index contributed by atoms with van der Waals surface area (Å²) in [6, 6.07) is 1.42. The van der Waals surface area contributed by atoms with Crippen molar-refractivity contribution >= 4 is 23.5 Å². The van der Waals surface area contributed by atoms with Crippen LogP contribution in [0.2, 0.25) is 5.02 Å². The second kappa shape index (κ2) is 8.24. The van der Waals surface area contributed by atoms with Gasteiger partial charge in [-0.3, -0.25) is 4.98 Å². The zero-order valence-electron chi connectivity index (χ0n) is 13.6. The SMILES string of the molecule is CCOC(=O)C(=CC(c1cc(Cl)c(F)cn1)C1CC1)C(=O)OCC. The molecule has 1 aromatic heterocycles. The Kier molecular flexibility index (Phi) is 6.31. The zero-order chi connectivity index (χ0) is 17.7. The predicted octanol–water partition coefficient (Wildman–Crippen LogP) is 3.42. The lowest BCUT2D eigenvalue weighted by atomic mass is 9.95. The third-order valence-corrected chi connectivity index (χ3v) is 3.93. The van der Waals surface area contributed by atoms with E-state index in [4.69, 9.17) is 21.1 Å². The molecule has 1 saturated carbocycles. The lowest BCUT2D eigenvalue weighted by Crippen LogP contribution is -2.20. The molecule has 1 aliphatic rings. The summed E-state index contributed by atoms with van der Waals surface area (Å²) in [5.74, 6) is -2.20. The summed E-state index contributed by atoms with van der Waals surface area (Å²) < 4.78 is 23.2. The summed E-state index contributed by atoms with van der Waals surface area (Å²) in [6.45, 7) is 3.59. The Bertz CT molecular complexity index is 638. The maximum Gasteiger partial charge on any atom is 0.345 e. The highest BCUT2D eigenvalue weighted by Gasteiger charge is 2.34. The van der Waals surface area contributed by atoms with Gasteiger partial charge in [0.25, 0.3) is 0 Å². The molecular weight excluding hydrogens is 337 g/mol. The summed E-state index contributed by atoms with van der Waals surface area (Å²) in [5.41, 5.74) is 0.341. The third-order valence-electron chi connectivity index (χ3n) is 3.64. The topological polar surface area (TPSA) is 65.5 Å². The van der Waals surface area contributed by atoms with Gasteiger partial charge in [-0.05, 0) is 38.7 Å². The van der Waals surface area contributed by atoms with E-state index < -0.39 is 17.8 Å². The molecule has 0 N–H and O–H groups in total. The van der Waals surface area contributed by atoms with Gasteiger partial charge < -0.3 is 9.47 Å². The fourth-order valence-electron chi connectivity index (χ4n) is 2.35. The van der Waals surface area contributed by atoms with E-state index in [9.17, 15) is 14.0 Å². The van der Waals surface area contributed by atoms with Gasteiger partial charge in [0.2, 0.25) is 0 Å². The van der Waals surface area contributed by atoms with Crippen LogP contribution in [0.3, 0.4) is 0 Å². The average molecular weight is 356 g/mol. The summed E-state index contributed by atoms with van der Waals surface area (Å²) >= 11 is 5.83. The number of carbonyl (C=O) groups excluding carboxylic acids is 2. The monoisotopic (exact) mass is 355 g/mol. The van der Waals surface area contributed by atoms with E-state index in [0.717, 1.165) is 19.0 Å². The van der Waals surface area contributed by atoms with Gasteiger partial charge in [-0.2, -0.15) is 0 Å². The van der Waals surface area contributed by atoms with E-state index in [2.05, 4.69) is 4.98 Å². The molecule has 1 fully saturated rings. The van der Waals surface area contributed by atoms with Crippen molar-refractivity contribution in [2.75, 3.05) is 13.2 Å². The van der Waals surface area contributed by atoms with E-state index in [0.29, 0.717) is 5.69 Å². The Morgan fingerprint density at radius 2 is 1.92 bits per heavy atom. The quantitative estimate of drug-likeness (QED) is 0.324. The number of hydrogen-bond donors (Lipinski definition) is 0. The Labute approximate surface area is 144 Å². The van der Waals surface area contributed by atoms with Crippen LogP contribution in [0.25, 0.3) is 0 Å². The highest BCUT2D eigenvalue weighted by atomic mass is 35.5. The molecule has 0 aromatic carbocycles. The van der Waals surface area contributed by atoms with E-state index in [1.165, 1.54) is 12.1 Å². The van der Waals surface area contributed by atoms with E-state index in [-0.39, 0.29) is 35.6 Å². The standard InChI is InChI=1S/C17H19ClFNO4/c1-3-23-16(21)12(17(22)24-4-2)7-11(10-5-6-10)15-8-13(18)14(19)9-20-15/h7-11H,3-6H2,1-2H3. The van der Waals surface area contributed by atoms with Gasteiger partial charge in [0.1, 0.15) is 5.57 Å². The maximum atomic E-state index is 13.3. The fraction of sp³-hybridized carbons (Fsp3) is 0.471. The summed E-state index contributed by atoms with van der Waals surface area (Å²) in [4.78, 5) is 28.2. The van der Waals surface area contributed by atoms with Crippen LogP contribution in [0.15, 0.2) is 23.9 Å². The first kappa shape index (κ1) is 18.4. The van der Waals surface area contributed by atoms with Crippen molar-refractivity contribution in [2.24, 2.45) is 5.92 Å². The van der Waals surface area contributed by atoms with Crippen molar-refractivity contribution in [2.45, 2.75) is 32.6 Å². The number of rotatable bonds is 7. The fourth-order valence-corrected chi connectivity index (χ4v) is 2.51. The molecule has 0 amide bonds. The zero-order valence-corrected chi connectivity index (χ0v) is 14.3. The Hall–Kier alpha value is -1.95. The van der Waals surface area contributed by atoms with Crippen molar-refractivity contribution in [3.05, 3.63) is 40.4 Å². The van der Waals surface area contributed by atoms with Gasteiger partial charge in [-0.25, -0.2) is 14.0 Å². The third kappa shape index (κ3) is 4.54. The van der Waals surface area contributed by atoms with Crippen LogP contribution in [0, 0.1) is 11.7 Å². The number of aromatic nitrogens is 1. The molecule has 0 radical (unpaired) electrons. The molecule has 7 heteroatoms. The lowest BCUT2D eigenvalue weighted by molar-refractivity contribution is -0.146. The van der Waals surface area contributed by atoms with Gasteiger partial charge in [0.15, 0.2) is 5.82 Å². The molecule has 1 aliphatic carbocycles. The minimum Gasteiger partial charge on any atom is -0.462 e. The van der Waals surface area contributed by atoms with Gasteiger partial charge in [-0.1, -0.05) is 17.7 Å². The Morgan fingerprint density at radius 3 is 2.38 bits per heavy atom. The largest absolute Gasteiger partial charge is 0.462 e. The molecule has 0 aliphatic heterocycles. The molecule has 1 aromatic rings. The second-order valence-corrected chi connectivity index (χ2v) is 5.81. The number of esters is 2. The van der Waals surface area contributed by atoms with E-state index >= 15 is 0 Å². The molecule has 0 bridgehead atoms. The normalized spacial score (nSPS) is 14.7. The lowest BCUT2D eigenvalue weighted by Gasteiger charge is -2.14. The van der Waals surface area contributed by atoms with Crippen molar-refractivity contribution in [1.82, 2.24) is 4.98 Å². The Balaban J connectivity index is 2.38. The minimum absolute atomic E-state index is 0.0483. The number of allylic oxidation sites excluding steroid dienone is 1. The van der Waals surface area contributed by atoms with Crippen molar-refractivity contribution in [1.29, 1.82) is 0 Å². The van der Waals surface area contributed by atoms with E-state index in [1.54, 1.807) is 13.8 Å². The first-order valence-electron chi connectivity index (χ1n) is 7.84. The molecule has 1 atom stereocenters. The molecular formula is C17H19ClFNO4. The highest BCUT2D eigenvalue weighted by Crippen LogP contribution is 2.44. The second-order valence-electron chi connectivity index (χ2n) is 5.41. The summed E-state index contributed by atoms with van der Waals surface area (Å²) in [6.07, 6.45) is 4.40. The van der Waals surface area contributed by atoms with Crippen LogP contribution >= 0.6 is 11.6 Å². The van der Waals surface area contributed by atoms with Gasteiger partial charge in [-0.15, -0.1) is 0 Å². The number of carbonyl (C=O) groups is 2. The summed E-state index contributed by atoms with van der Waals surface area (Å²) in [5, 5.41) is -0.0483. The maximum absolute atomic E-state index is 13.3. The van der Waals surface area contributed by atoms with Crippen molar-refractivity contribution < 1.29 is 23.5 Å². The number of hydrogen-bond acceptors (Lipinski definition) is 5. The summed E-state index contributed by atoms with van der Waals surface area (Å²) in [7, 11) is 0. The minimum atomic E-state index is -0.741. The first-order valence-corrected chi connectivity index (χ1v) is 8.22. The van der Waals surface area contributed by atoms with Crippen LogP contribution in [0.4, 0.5) is 4.39 Å². The molecule has 0 saturated heterocycles. The van der Waals surface area contributed by atoms with Crippen LogP contribution in [0.5, 0.6) is 0 Å². The first-order chi connectivity index (χ1) is 11.5. The number of halogens is 2. The van der Waals surface area contributed by atoms with Gasteiger partial charge in [0, 0.05) is 11.6 Å². The Morgan fingerprint density at radius 1 is 1.33 bits per heavy atom. The van der Waals surface area contributed by atoms with Crippen LogP contribution in [-0.4, -0.2) is 30.1 Å². The van der Waals surface area contributed by atoms with Gasteiger partial charge in [0.05, 0.1) is 24.4 Å². The molecule has 2 rings (SSSR count). The molecule has 1 heterocycles. The molecule has 130 valence electrons. The number of nitrogens with zero attached hydrogens (tertiary/aromatic N) is 1.